The van der Waals surface area contributed by atoms with Gasteiger partial charge in [-0.05, 0) is 28.5 Å². The van der Waals surface area contributed by atoms with Crippen molar-refractivity contribution in [3.8, 4) is 0 Å². The highest BCUT2D eigenvalue weighted by molar-refractivity contribution is 5.44. The molecule has 0 amide bonds. The minimum Gasteiger partial charge on any atom is -0.347 e. The molecule has 0 spiro atoms. The second-order valence-electron chi connectivity index (χ2n) is 9.32. The number of ether oxygens (including phenoxy) is 1. The van der Waals surface area contributed by atoms with Crippen molar-refractivity contribution < 1.29 is 4.74 Å². The Balaban J connectivity index is 1.72. The quantitative estimate of drug-likeness (QED) is 0.461. The summed E-state index contributed by atoms with van der Waals surface area (Å²) in [5.74, 6) is 0. The molecule has 0 bridgehead atoms. The van der Waals surface area contributed by atoms with Gasteiger partial charge in [-0.2, -0.15) is 0 Å². The molecule has 0 fully saturated rings. The topological polar surface area (TPSA) is 12.5 Å². The lowest BCUT2D eigenvalue weighted by Gasteiger charge is -2.39. The first-order valence-corrected chi connectivity index (χ1v) is 11.1. The normalized spacial score (nSPS) is 19.1. The summed E-state index contributed by atoms with van der Waals surface area (Å²) in [4.78, 5) is 2.50. The van der Waals surface area contributed by atoms with E-state index >= 15 is 0 Å². The fourth-order valence-corrected chi connectivity index (χ4v) is 4.53. The molecular formula is C28H33NO. The zero-order valence-electron chi connectivity index (χ0n) is 18.7. The van der Waals surface area contributed by atoms with Crippen LogP contribution >= 0.6 is 0 Å². The Labute approximate surface area is 181 Å². The number of nitrogens with zero attached hydrogens (tertiary/aromatic N) is 1. The molecule has 0 saturated carbocycles. The average molecular weight is 400 g/mol. The van der Waals surface area contributed by atoms with Crippen LogP contribution in [0.5, 0.6) is 0 Å². The van der Waals surface area contributed by atoms with E-state index in [-0.39, 0.29) is 5.41 Å². The van der Waals surface area contributed by atoms with E-state index in [4.69, 9.17) is 4.74 Å². The molecule has 30 heavy (non-hydrogen) atoms. The van der Waals surface area contributed by atoms with Gasteiger partial charge in [0, 0.05) is 24.2 Å². The molecular weight excluding hydrogens is 366 g/mol. The minimum atomic E-state index is -0.545. The molecule has 0 aromatic heterocycles. The third-order valence-electron chi connectivity index (χ3n) is 6.12. The van der Waals surface area contributed by atoms with Crippen molar-refractivity contribution in [3.63, 3.8) is 0 Å². The van der Waals surface area contributed by atoms with Crippen LogP contribution in [0, 0.1) is 0 Å². The summed E-state index contributed by atoms with van der Waals surface area (Å²) in [7, 11) is 0. The summed E-state index contributed by atoms with van der Waals surface area (Å²) in [6, 6.07) is 28.4. The monoisotopic (exact) mass is 399 g/mol. The van der Waals surface area contributed by atoms with Crippen molar-refractivity contribution in [1.82, 2.24) is 4.90 Å². The van der Waals surface area contributed by atoms with Gasteiger partial charge in [0.1, 0.15) is 0 Å². The minimum absolute atomic E-state index is 0.160. The molecule has 3 aromatic carbocycles. The number of rotatable bonds is 6. The Morgan fingerprint density at radius 3 is 2.20 bits per heavy atom. The zero-order valence-corrected chi connectivity index (χ0v) is 18.7. The lowest BCUT2D eigenvalue weighted by molar-refractivity contribution is -0.135. The zero-order chi connectivity index (χ0) is 21.2. The Hall–Kier alpha value is -2.42. The molecule has 0 saturated heterocycles. The molecule has 0 N–H and O–H groups in total. The van der Waals surface area contributed by atoms with Gasteiger partial charge in [-0.3, -0.25) is 4.90 Å². The Bertz CT molecular complexity index is 972. The molecule has 0 aliphatic carbocycles. The third-order valence-corrected chi connectivity index (χ3v) is 6.12. The van der Waals surface area contributed by atoms with E-state index in [1.165, 1.54) is 27.8 Å². The lowest BCUT2D eigenvalue weighted by atomic mass is 9.87. The van der Waals surface area contributed by atoms with Crippen molar-refractivity contribution in [1.29, 1.82) is 0 Å². The SMILES string of the molecule is CCCN1Cc2ccccc2C1(OCc1ccc(C(C)(C)C)cc1)c1ccccc1. The maximum atomic E-state index is 6.91. The Morgan fingerprint density at radius 2 is 1.53 bits per heavy atom. The van der Waals surface area contributed by atoms with Gasteiger partial charge in [0.2, 0.25) is 0 Å². The van der Waals surface area contributed by atoms with Crippen molar-refractivity contribution in [2.24, 2.45) is 0 Å². The van der Waals surface area contributed by atoms with E-state index in [1.807, 2.05) is 0 Å². The maximum absolute atomic E-state index is 6.91. The largest absolute Gasteiger partial charge is 0.347 e. The van der Waals surface area contributed by atoms with E-state index in [2.05, 4.69) is 111 Å². The average Bonchev–Trinajstić information content (AvgIpc) is 3.07. The summed E-state index contributed by atoms with van der Waals surface area (Å²) in [6.07, 6.45) is 1.09. The number of hydrogen-bond donors (Lipinski definition) is 0. The van der Waals surface area contributed by atoms with Gasteiger partial charge in [-0.25, -0.2) is 0 Å². The molecule has 2 nitrogen and oxygen atoms in total. The van der Waals surface area contributed by atoms with Gasteiger partial charge in [-0.1, -0.05) is 107 Å². The highest BCUT2D eigenvalue weighted by Gasteiger charge is 2.47. The first-order chi connectivity index (χ1) is 14.4. The third kappa shape index (κ3) is 3.82. The lowest BCUT2D eigenvalue weighted by Crippen LogP contribution is -2.44. The van der Waals surface area contributed by atoms with E-state index < -0.39 is 5.72 Å². The van der Waals surface area contributed by atoms with Crippen LogP contribution in [0.4, 0.5) is 0 Å². The first-order valence-electron chi connectivity index (χ1n) is 11.1. The predicted octanol–water partition coefficient (Wildman–Crippen LogP) is 6.63. The summed E-state index contributed by atoms with van der Waals surface area (Å²) >= 11 is 0. The molecule has 1 atom stereocenters. The molecule has 1 aliphatic heterocycles. The molecule has 3 aromatic rings. The summed E-state index contributed by atoms with van der Waals surface area (Å²) in [5.41, 5.74) is 6.01. The molecule has 1 unspecified atom stereocenters. The number of hydrogen-bond acceptors (Lipinski definition) is 2. The summed E-state index contributed by atoms with van der Waals surface area (Å²) in [5, 5.41) is 0. The molecule has 156 valence electrons. The van der Waals surface area contributed by atoms with Crippen molar-refractivity contribution in [3.05, 3.63) is 107 Å². The van der Waals surface area contributed by atoms with Gasteiger partial charge in [0.05, 0.1) is 6.61 Å². The van der Waals surface area contributed by atoms with Crippen LogP contribution in [-0.4, -0.2) is 11.4 Å². The van der Waals surface area contributed by atoms with Crippen LogP contribution in [0.25, 0.3) is 0 Å². The summed E-state index contributed by atoms with van der Waals surface area (Å²) in [6.45, 7) is 11.5. The van der Waals surface area contributed by atoms with Crippen molar-refractivity contribution in [2.45, 2.75) is 58.4 Å². The molecule has 4 rings (SSSR count). The highest BCUT2D eigenvalue weighted by Crippen LogP contribution is 2.45. The second-order valence-corrected chi connectivity index (χ2v) is 9.32. The van der Waals surface area contributed by atoms with Gasteiger partial charge >= 0.3 is 0 Å². The molecule has 1 heterocycles. The van der Waals surface area contributed by atoms with Crippen molar-refractivity contribution >= 4 is 0 Å². The molecule has 2 heteroatoms. The van der Waals surface area contributed by atoms with Crippen LogP contribution in [0.3, 0.4) is 0 Å². The van der Waals surface area contributed by atoms with E-state index in [9.17, 15) is 0 Å². The molecule has 0 radical (unpaired) electrons. The van der Waals surface area contributed by atoms with Gasteiger partial charge in [-0.15, -0.1) is 0 Å². The van der Waals surface area contributed by atoms with Crippen LogP contribution in [0.15, 0.2) is 78.9 Å². The van der Waals surface area contributed by atoms with E-state index in [0.29, 0.717) is 6.61 Å². The first kappa shape index (κ1) is 20.8. The van der Waals surface area contributed by atoms with Crippen molar-refractivity contribution in [2.75, 3.05) is 6.54 Å². The van der Waals surface area contributed by atoms with Crippen LogP contribution in [0.2, 0.25) is 0 Å². The smallest absolute Gasteiger partial charge is 0.175 e. The fourth-order valence-electron chi connectivity index (χ4n) is 4.53. The van der Waals surface area contributed by atoms with Gasteiger partial charge in [0.15, 0.2) is 5.72 Å². The number of benzene rings is 3. The van der Waals surface area contributed by atoms with Crippen LogP contribution in [-0.2, 0) is 29.0 Å². The van der Waals surface area contributed by atoms with Gasteiger partial charge in [0.25, 0.3) is 0 Å². The van der Waals surface area contributed by atoms with E-state index in [0.717, 1.165) is 19.5 Å². The van der Waals surface area contributed by atoms with Crippen LogP contribution in [0.1, 0.15) is 61.9 Å². The number of fused-ring (bicyclic) bond motifs is 1. The maximum Gasteiger partial charge on any atom is 0.175 e. The second kappa shape index (κ2) is 8.37. The Morgan fingerprint density at radius 1 is 0.867 bits per heavy atom. The van der Waals surface area contributed by atoms with Gasteiger partial charge < -0.3 is 4.74 Å². The van der Waals surface area contributed by atoms with E-state index in [1.54, 1.807) is 0 Å². The predicted molar refractivity (Wildman–Crippen MR) is 124 cm³/mol. The summed E-state index contributed by atoms with van der Waals surface area (Å²) < 4.78 is 6.91. The fraction of sp³-hybridized carbons (Fsp3) is 0.357. The standard InChI is InChI=1S/C28H33NO/c1-5-19-29-20-23-11-9-10-14-26(23)28(29,25-12-7-6-8-13-25)30-21-22-15-17-24(18-16-22)27(2,3)4/h6-18H,5,19-21H2,1-4H3. The Kier molecular flexibility index (Phi) is 5.81. The molecule has 1 aliphatic rings. The highest BCUT2D eigenvalue weighted by atomic mass is 16.5. The van der Waals surface area contributed by atoms with Crippen LogP contribution < -0.4 is 0 Å².